The number of rotatable bonds is 3. The molecule has 25 heavy (non-hydrogen) atoms. The number of aromatic amines is 2. The van der Waals surface area contributed by atoms with E-state index in [1.807, 2.05) is 24.7 Å². The van der Waals surface area contributed by atoms with Crippen LogP contribution in [0.1, 0.15) is 29.9 Å². The monoisotopic (exact) mass is 331 g/mol. The third kappa shape index (κ3) is 2.61. The van der Waals surface area contributed by atoms with Gasteiger partial charge in [0.25, 0.3) is 0 Å². The van der Waals surface area contributed by atoms with Crippen LogP contribution in [0, 0.1) is 0 Å². The summed E-state index contributed by atoms with van der Waals surface area (Å²) in [5.41, 5.74) is 4.78. The van der Waals surface area contributed by atoms with Crippen LogP contribution in [0.4, 0.5) is 0 Å². The van der Waals surface area contributed by atoms with E-state index in [0.29, 0.717) is 5.92 Å². The number of hydrogen-bond donors (Lipinski definition) is 2. The maximum atomic E-state index is 4.42. The van der Waals surface area contributed by atoms with Crippen LogP contribution in [0.5, 0.6) is 0 Å². The second-order valence-corrected chi connectivity index (χ2v) is 6.90. The highest BCUT2D eigenvalue weighted by molar-refractivity contribution is 5.80. The van der Waals surface area contributed by atoms with Gasteiger partial charge in [0.2, 0.25) is 0 Å². The first-order valence-electron chi connectivity index (χ1n) is 8.94. The fraction of sp³-hybridized carbons (Fsp3) is 0.300. The minimum absolute atomic E-state index is 0.624. The third-order valence-electron chi connectivity index (χ3n) is 5.45. The Labute approximate surface area is 146 Å². The van der Waals surface area contributed by atoms with Gasteiger partial charge in [-0.15, -0.1) is 0 Å². The summed E-state index contributed by atoms with van der Waals surface area (Å²) in [5.74, 6) is 0.624. The van der Waals surface area contributed by atoms with E-state index < -0.39 is 0 Å². The number of H-pyrrole nitrogens is 2. The van der Waals surface area contributed by atoms with Crippen LogP contribution in [-0.2, 0) is 6.54 Å². The van der Waals surface area contributed by atoms with E-state index in [1.54, 1.807) is 0 Å². The standard InChI is InChI=1S/C20H21N5/c1-2-17-18(12-24-20(17)21-7-1)14-5-10-25(11-6-14)13-15-3-8-22-19-16(15)4-9-23-19/h1-4,7-9,12,14H,5-6,10-11,13H2,(H,21,24)(H,22,23). The van der Waals surface area contributed by atoms with Gasteiger partial charge < -0.3 is 9.97 Å². The second-order valence-electron chi connectivity index (χ2n) is 6.90. The van der Waals surface area contributed by atoms with Crippen LogP contribution < -0.4 is 0 Å². The zero-order valence-corrected chi connectivity index (χ0v) is 14.1. The van der Waals surface area contributed by atoms with Crippen molar-refractivity contribution in [3.05, 3.63) is 60.2 Å². The molecule has 0 bridgehead atoms. The lowest BCUT2D eigenvalue weighted by atomic mass is 9.89. The molecule has 0 radical (unpaired) electrons. The summed E-state index contributed by atoms with van der Waals surface area (Å²) in [5, 5.41) is 2.52. The number of likely N-dealkylation sites (tertiary alicyclic amines) is 1. The van der Waals surface area contributed by atoms with Crippen LogP contribution in [-0.4, -0.2) is 37.9 Å². The fourth-order valence-corrected chi connectivity index (χ4v) is 4.11. The van der Waals surface area contributed by atoms with E-state index in [4.69, 9.17) is 0 Å². The van der Waals surface area contributed by atoms with E-state index in [9.17, 15) is 0 Å². The number of pyridine rings is 2. The number of fused-ring (bicyclic) bond motifs is 2. The first kappa shape index (κ1) is 14.7. The van der Waals surface area contributed by atoms with Gasteiger partial charge in [0.05, 0.1) is 0 Å². The van der Waals surface area contributed by atoms with Crippen molar-refractivity contribution >= 4 is 22.1 Å². The summed E-state index contributed by atoms with van der Waals surface area (Å²) in [4.78, 5) is 17.9. The molecule has 0 atom stereocenters. The molecule has 1 aliphatic heterocycles. The van der Waals surface area contributed by atoms with Gasteiger partial charge in [-0.2, -0.15) is 0 Å². The largest absolute Gasteiger partial charge is 0.346 e. The molecule has 0 spiro atoms. The summed E-state index contributed by atoms with van der Waals surface area (Å²) < 4.78 is 0. The highest BCUT2D eigenvalue weighted by Crippen LogP contribution is 2.33. The van der Waals surface area contributed by atoms with Crippen LogP contribution in [0.25, 0.3) is 22.1 Å². The smallest absolute Gasteiger partial charge is 0.137 e. The van der Waals surface area contributed by atoms with Crippen molar-refractivity contribution in [3.63, 3.8) is 0 Å². The molecule has 0 saturated carbocycles. The van der Waals surface area contributed by atoms with Crippen LogP contribution >= 0.6 is 0 Å². The molecule has 126 valence electrons. The zero-order valence-electron chi connectivity index (χ0n) is 14.1. The number of piperidine rings is 1. The summed E-state index contributed by atoms with van der Waals surface area (Å²) in [6, 6.07) is 8.48. The first-order chi connectivity index (χ1) is 12.4. The Hall–Kier alpha value is -2.66. The molecule has 5 nitrogen and oxygen atoms in total. The van der Waals surface area contributed by atoms with Crippen LogP contribution in [0.15, 0.2) is 49.1 Å². The summed E-state index contributed by atoms with van der Waals surface area (Å²) >= 11 is 0. The topological polar surface area (TPSA) is 60.6 Å². The third-order valence-corrected chi connectivity index (χ3v) is 5.45. The fourth-order valence-electron chi connectivity index (χ4n) is 4.11. The predicted molar refractivity (Wildman–Crippen MR) is 99.4 cm³/mol. The van der Waals surface area contributed by atoms with Crippen molar-refractivity contribution in [2.45, 2.75) is 25.3 Å². The number of hydrogen-bond acceptors (Lipinski definition) is 3. The molecule has 5 heteroatoms. The molecule has 1 aliphatic rings. The van der Waals surface area contributed by atoms with Crippen LogP contribution in [0.3, 0.4) is 0 Å². The van der Waals surface area contributed by atoms with Crippen molar-refractivity contribution in [3.8, 4) is 0 Å². The molecular weight excluding hydrogens is 310 g/mol. The van der Waals surface area contributed by atoms with Crippen molar-refractivity contribution in [1.29, 1.82) is 0 Å². The van der Waals surface area contributed by atoms with Gasteiger partial charge in [0, 0.05) is 42.1 Å². The van der Waals surface area contributed by atoms with Gasteiger partial charge in [-0.1, -0.05) is 0 Å². The average Bonchev–Trinajstić information content (AvgIpc) is 3.30. The maximum Gasteiger partial charge on any atom is 0.137 e. The molecule has 0 amide bonds. The lowest BCUT2D eigenvalue weighted by molar-refractivity contribution is 0.206. The lowest BCUT2D eigenvalue weighted by Crippen LogP contribution is -2.32. The molecule has 1 fully saturated rings. The molecule has 1 saturated heterocycles. The summed E-state index contributed by atoms with van der Waals surface area (Å²) in [6.07, 6.45) is 10.3. The average molecular weight is 331 g/mol. The Kier molecular flexibility index (Phi) is 3.52. The molecule has 0 unspecified atom stereocenters. The first-order valence-corrected chi connectivity index (χ1v) is 8.94. The summed E-state index contributed by atoms with van der Waals surface area (Å²) in [7, 11) is 0. The second kappa shape index (κ2) is 6.01. The Morgan fingerprint density at radius 1 is 0.960 bits per heavy atom. The molecule has 2 N–H and O–H groups in total. The van der Waals surface area contributed by atoms with Crippen molar-refractivity contribution in [1.82, 2.24) is 24.8 Å². The number of aromatic nitrogens is 4. The van der Waals surface area contributed by atoms with E-state index in [2.05, 4.69) is 49.2 Å². The normalized spacial score (nSPS) is 16.8. The van der Waals surface area contributed by atoms with Gasteiger partial charge in [-0.25, -0.2) is 9.97 Å². The van der Waals surface area contributed by atoms with E-state index >= 15 is 0 Å². The molecule has 4 aromatic heterocycles. The van der Waals surface area contributed by atoms with Gasteiger partial charge in [-0.05, 0) is 67.2 Å². The number of nitrogens with one attached hydrogen (secondary N) is 2. The van der Waals surface area contributed by atoms with Gasteiger partial charge in [0.1, 0.15) is 11.3 Å². The quantitative estimate of drug-likeness (QED) is 0.600. The highest BCUT2D eigenvalue weighted by Gasteiger charge is 2.23. The van der Waals surface area contributed by atoms with E-state index in [-0.39, 0.29) is 0 Å². The molecule has 5 heterocycles. The number of nitrogens with zero attached hydrogens (tertiary/aromatic N) is 3. The SMILES string of the molecule is c1cnc2[nH]cc(C3CCN(Cc4ccnc5[nH]ccc45)CC3)c2c1. The zero-order chi connectivity index (χ0) is 16.6. The minimum atomic E-state index is 0.624. The molecule has 0 aromatic carbocycles. The summed E-state index contributed by atoms with van der Waals surface area (Å²) in [6.45, 7) is 3.26. The molecule has 5 rings (SSSR count). The van der Waals surface area contributed by atoms with Gasteiger partial charge in [-0.3, -0.25) is 4.90 Å². The van der Waals surface area contributed by atoms with E-state index in [0.717, 1.165) is 30.9 Å². The Morgan fingerprint density at radius 2 is 1.80 bits per heavy atom. The predicted octanol–water partition coefficient (Wildman–Crippen LogP) is 3.82. The van der Waals surface area contributed by atoms with Gasteiger partial charge >= 0.3 is 0 Å². The van der Waals surface area contributed by atoms with Crippen molar-refractivity contribution in [2.24, 2.45) is 0 Å². The Morgan fingerprint density at radius 3 is 2.72 bits per heavy atom. The Bertz CT molecular complexity index is 1010. The minimum Gasteiger partial charge on any atom is -0.346 e. The van der Waals surface area contributed by atoms with E-state index in [1.165, 1.54) is 34.7 Å². The molecule has 4 aromatic rings. The highest BCUT2D eigenvalue weighted by atomic mass is 15.1. The van der Waals surface area contributed by atoms with Gasteiger partial charge in [0.15, 0.2) is 0 Å². The van der Waals surface area contributed by atoms with Crippen molar-refractivity contribution < 1.29 is 0 Å². The van der Waals surface area contributed by atoms with Crippen LogP contribution in [0.2, 0.25) is 0 Å². The lowest BCUT2D eigenvalue weighted by Gasteiger charge is -2.32. The molecule has 0 aliphatic carbocycles. The molecular formula is C20H21N5. The van der Waals surface area contributed by atoms with Crippen molar-refractivity contribution in [2.75, 3.05) is 13.1 Å². The maximum absolute atomic E-state index is 4.42. The Balaban J connectivity index is 1.31.